The molecule has 4 bridgehead atoms. The number of aliphatic hydroxyl groups excluding tert-OH is 1. The Hall–Kier alpha value is -1.49. The van der Waals surface area contributed by atoms with Crippen LogP contribution in [-0.4, -0.2) is 50.2 Å². The largest absolute Gasteiger partial charge is 0.454 e. The first-order valence-corrected chi connectivity index (χ1v) is 12.8. The number of hydrogen-bond acceptors (Lipinski definition) is 6. The lowest BCUT2D eigenvalue weighted by molar-refractivity contribution is -0.152. The van der Waals surface area contributed by atoms with Crippen LogP contribution in [0.25, 0.3) is 0 Å². The predicted molar refractivity (Wildman–Crippen MR) is 115 cm³/mol. The maximum Gasteiger partial charge on any atom is 0.327 e. The lowest BCUT2D eigenvalue weighted by Gasteiger charge is -2.56. The van der Waals surface area contributed by atoms with E-state index in [1.165, 1.54) is 31.4 Å². The molecule has 4 saturated carbocycles. The fourth-order valence-corrected chi connectivity index (χ4v) is 7.30. The Balaban J connectivity index is 1.31. The highest BCUT2D eigenvalue weighted by Gasteiger charge is 2.51. The number of halogens is 1. The molecule has 0 aliphatic heterocycles. The van der Waals surface area contributed by atoms with E-state index >= 15 is 0 Å². The Morgan fingerprint density at radius 2 is 1.65 bits per heavy atom. The quantitative estimate of drug-likeness (QED) is 0.454. The SMILES string of the molecule is O=C(COC(=O)[C@H](CO)NS(=O)(=O)c1ccc(Br)cc1)NC12CC3CC(CC(C3)C1)C2. The van der Waals surface area contributed by atoms with Crippen LogP contribution in [0.15, 0.2) is 33.6 Å². The van der Waals surface area contributed by atoms with E-state index in [-0.39, 0.29) is 16.3 Å². The van der Waals surface area contributed by atoms with Crippen LogP contribution in [0.2, 0.25) is 0 Å². The third-order valence-corrected chi connectivity index (χ3v) is 8.69. The molecule has 1 amide bonds. The summed E-state index contributed by atoms with van der Waals surface area (Å²) >= 11 is 3.22. The van der Waals surface area contributed by atoms with Crippen molar-refractivity contribution in [3.8, 4) is 0 Å². The van der Waals surface area contributed by atoms with Gasteiger partial charge in [-0.2, -0.15) is 4.72 Å². The van der Waals surface area contributed by atoms with Gasteiger partial charge in [0.1, 0.15) is 6.04 Å². The number of ether oxygens (including phenoxy) is 1. The first-order valence-electron chi connectivity index (χ1n) is 10.5. The molecular weight excluding hydrogens is 488 g/mol. The lowest BCUT2D eigenvalue weighted by atomic mass is 9.53. The van der Waals surface area contributed by atoms with Gasteiger partial charge in [0.05, 0.1) is 11.5 Å². The summed E-state index contributed by atoms with van der Waals surface area (Å²) < 4.78 is 32.8. The molecule has 8 nitrogen and oxygen atoms in total. The van der Waals surface area contributed by atoms with Crippen LogP contribution in [0, 0.1) is 17.8 Å². The second-order valence-corrected chi connectivity index (χ2v) is 11.8. The van der Waals surface area contributed by atoms with Gasteiger partial charge in [-0.15, -0.1) is 0 Å². The number of hydrogen-bond donors (Lipinski definition) is 3. The number of sulfonamides is 1. The molecule has 0 unspecified atom stereocenters. The van der Waals surface area contributed by atoms with Crippen molar-refractivity contribution in [3.05, 3.63) is 28.7 Å². The Bertz CT molecular complexity index is 914. The van der Waals surface area contributed by atoms with Crippen molar-refractivity contribution in [3.63, 3.8) is 0 Å². The minimum atomic E-state index is -4.04. The van der Waals surface area contributed by atoms with Crippen LogP contribution in [-0.2, 0) is 24.3 Å². The molecule has 3 N–H and O–H groups in total. The van der Waals surface area contributed by atoms with Gasteiger partial charge in [0.25, 0.3) is 5.91 Å². The smallest absolute Gasteiger partial charge is 0.327 e. The zero-order chi connectivity index (χ0) is 22.2. The molecule has 4 aliphatic rings. The van der Waals surface area contributed by atoms with E-state index in [0.29, 0.717) is 22.2 Å². The van der Waals surface area contributed by atoms with Crippen LogP contribution in [0.1, 0.15) is 38.5 Å². The summed E-state index contributed by atoms with van der Waals surface area (Å²) in [5.41, 5.74) is -0.197. The number of aliphatic hydroxyl groups is 1. The maximum absolute atomic E-state index is 12.5. The van der Waals surface area contributed by atoms with Crippen LogP contribution in [0.5, 0.6) is 0 Å². The molecule has 170 valence electrons. The van der Waals surface area contributed by atoms with Crippen molar-refractivity contribution in [1.29, 1.82) is 0 Å². The maximum atomic E-state index is 12.5. The highest BCUT2D eigenvalue weighted by atomic mass is 79.9. The summed E-state index contributed by atoms with van der Waals surface area (Å²) in [7, 11) is -4.04. The molecular formula is C21H27BrN2O6S. The topological polar surface area (TPSA) is 122 Å². The van der Waals surface area contributed by atoms with Gasteiger partial charge in [-0.25, -0.2) is 8.42 Å². The van der Waals surface area contributed by atoms with E-state index < -0.39 is 35.2 Å². The van der Waals surface area contributed by atoms with Crippen molar-refractivity contribution in [2.75, 3.05) is 13.2 Å². The Morgan fingerprint density at radius 3 is 2.16 bits per heavy atom. The summed E-state index contributed by atoms with van der Waals surface area (Å²) in [5.74, 6) is 0.620. The van der Waals surface area contributed by atoms with Gasteiger partial charge >= 0.3 is 5.97 Å². The molecule has 1 atom stereocenters. The van der Waals surface area contributed by atoms with Crippen molar-refractivity contribution < 1.29 is 27.9 Å². The second kappa shape index (κ2) is 8.80. The molecule has 0 aromatic heterocycles. The van der Waals surface area contributed by atoms with E-state index in [1.54, 1.807) is 12.1 Å². The highest BCUT2D eigenvalue weighted by Crippen LogP contribution is 2.55. The minimum absolute atomic E-state index is 0.0542. The molecule has 10 heteroatoms. The number of benzene rings is 1. The van der Waals surface area contributed by atoms with Crippen molar-refractivity contribution in [2.24, 2.45) is 17.8 Å². The number of carbonyl (C=O) groups excluding carboxylic acids is 2. The Labute approximate surface area is 190 Å². The van der Waals surface area contributed by atoms with E-state index in [0.717, 1.165) is 19.3 Å². The third kappa shape index (κ3) is 5.13. The monoisotopic (exact) mass is 514 g/mol. The number of nitrogens with one attached hydrogen (secondary N) is 2. The molecule has 1 aromatic carbocycles. The first-order chi connectivity index (χ1) is 14.7. The van der Waals surface area contributed by atoms with Gasteiger partial charge < -0.3 is 15.2 Å². The minimum Gasteiger partial charge on any atom is -0.454 e. The summed E-state index contributed by atoms with van der Waals surface area (Å²) in [6.07, 6.45) is 6.68. The molecule has 4 aliphatic carbocycles. The predicted octanol–water partition coefficient (Wildman–Crippen LogP) is 1.72. The van der Waals surface area contributed by atoms with Crippen molar-refractivity contribution in [2.45, 2.75) is 55.0 Å². The summed E-state index contributed by atoms with van der Waals surface area (Å²) in [4.78, 5) is 24.7. The zero-order valence-corrected chi connectivity index (χ0v) is 19.5. The second-order valence-electron chi connectivity index (χ2n) is 9.16. The standard InChI is InChI=1S/C21H27BrN2O6S/c22-16-1-3-17(4-2-16)31(28,29)24-18(11-25)20(27)30-12-19(26)23-21-8-13-5-14(9-21)7-15(6-13)10-21/h1-4,13-15,18,24-25H,5-12H2,(H,23,26)/t13?,14?,15?,18-,21?/m0/s1. The van der Waals surface area contributed by atoms with Gasteiger partial charge in [0.2, 0.25) is 10.0 Å². The number of amides is 1. The molecule has 5 rings (SSSR count). The molecule has 0 spiro atoms. The van der Waals surface area contributed by atoms with Gasteiger partial charge in [-0.1, -0.05) is 15.9 Å². The molecule has 0 heterocycles. The van der Waals surface area contributed by atoms with E-state index in [2.05, 4.69) is 26.0 Å². The highest BCUT2D eigenvalue weighted by molar-refractivity contribution is 9.10. The van der Waals surface area contributed by atoms with Crippen LogP contribution >= 0.6 is 15.9 Å². The van der Waals surface area contributed by atoms with E-state index in [4.69, 9.17) is 4.74 Å². The first kappa shape index (κ1) is 22.7. The van der Waals surface area contributed by atoms with Crippen molar-refractivity contribution >= 4 is 37.8 Å². The molecule has 1 aromatic rings. The normalized spacial score (nSPS) is 30.1. The van der Waals surface area contributed by atoms with E-state index in [9.17, 15) is 23.1 Å². The van der Waals surface area contributed by atoms with Gasteiger partial charge in [-0.05, 0) is 80.5 Å². The summed E-state index contributed by atoms with van der Waals surface area (Å²) in [6, 6.07) is 4.34. The lowest BCUT2D eigenvalue weighted by Crippen LogP contribution is -2.60. The third-order valence-electron chi connectivity index (χ3n) is 6.68. The number of carbonyl (C=O) groups is 2. The van der Waals surface area contributed by atoms with Crippen LogP contribution < -0.4 is 10.0 Å². The summed E-state index contributed by atoms with van der Waals surface area (Å²) in [5, 5.41) is 12.6. The average Bonchev–Trinajstić information content (AvgIpc) is 2.69. The molecule has 0 radical (unpaired) electrons. The van der Waals surface area contributed by atoms with Gasteiger partial charge in [-0.3, -0.25) is 9.59 Å². The number of rotatable bonds is 8. The average molecular weight is 515 g/mol. The fourth-order valence-electron chi connectivity index (χ4n) is 5.86. The summed E-state index contributed by atoms with van der Waals surface area (Å²) in [6.45, 7) is -1.29. The van der Waals surface area contributed by atoms with Gasteiger partial charge in [0, 0.05) is 10.0 Å². The van der Waals surface area contributed by atoms with Gasteiger partial charge in [0.15, 0.2) is 6.61 Å². The number of esters is 1. The van der Waals surface area contributed by atoms with Crippen molar-refractivity contribution in [1.82, 2.24) is 10.0 Å². The molecule has 4 fully saturated rings. The molecule has 0 saturated heterocycles. The van der Waals surface area contributed by atoms with Crippen LogP contribution in [0.4, 0.5) is 0 Å². The molecule has 31 heavy (non-hydrogen) atoms. The Morgan fingerprint density at radius 1 is 1.10 bits per heavy atom. The van der Waals surface area contributed by atoms with E-state index in [1.807, 2.05) is 0 Å². The van der Waals surface area contributed by atoms with Crippen LogP contribution in [0.3, 0.4) is 0 Å². The fraction of sp³-hybridized carbons (Fsp3) is 0.619. The Kier molecular flexibility index (Phi) is 6.44. The zero-order valence-electron chi connectivity index (χ0n) is 17.1.